The monoisotopic (exact) mass is 406 g/mol. The first-order chi connectivity index (χ1) is 13.6. The molecule has 8 atom stereocenters. The van der Waals surface area contributed by atoms with Crippen molar-refractivity contribution >= 4 is 5.96 Å². The van der Waals surface area contributed by atoms with Crippen LogP contribution in [0.2, 0.25) is 0 Å². The van der Waals surface area contributed by atoms with Gasteiger partial charge in [-0.15, -0.1) is 5.10 Å². The number of nitrogens with zero attached hydrogens (tertiary/aromatic N) is 2. The first kappa shape index (κ1) is 21.2. The average molecular weight is 407 g/mol. The summed E-state index contributed by atoms with van der Waals surface area (Å²) in [5.74, 6) is 2.53. The molecule has 0 spiro atoms. The molecule has 4 aliphatic carbocycles. The number of aliphatic hydroxyl groups excluding tert-OH is 1. The molecule has 166 valence electrons. The van der Waals surface area contributed by atoms with Gasteiger partial charge in [0.15, 0.2) is 0 Å². The summed E-state index contributed by atoms with van der Waals surface area (Å²) in [7, 11) is 3.78. The summed E-state index contributed by atoms with van der Waals surface area (Å²) in [6.45, 7) is 5.58. The van der Waals surface area contributed by atoms with Crippen molar-refractivity contribution in [2.45, 2.75) is 83.3 Å². The first-order valence-corrected chi connectivity index (χ1v) is 11.8. The van der Waals surface area contributed by atoms with Crippen LogP contribution in [0.1, 0.15) is 71.6 Å². The predicted molar refractivity (Wildman–Crippen MR) is 116 cm³/mol. The zero-order valence-electron chi connectivity index (χ0n) is 18.8. The topological polar surface area (TPSA) is 94.1 Å². The molecule has 0 unspecified atom stereocenters. The molecule has 6 heteroatoms. The minimum absolute atomic E-state index is 0.0546. The van der Waals surface area contributed by atoms with Crippen LogP contribution in [0.25, 0.3) is 0 Å². The standard InChI is InChI=1S/C23H42N4O2/c1-21-10-8-17(28)13-15(21)5-6-19-18(21)9-11-22(2)16(7-12-23(19,22)29)14-25-26-20(24)27(3)4/h15-19,25,28-29H,5-14H2,1-4H3,(H2,24,26)/t15-,16-,17+,18+,19-,21+,22-,23+/m1/s1. The van der Waals surface area contributed by atoms with Crippen LogP contribution >= 0.6 is 0 Å². The molecular formula is C23H42N4O2. The Bertz CT molecular complexity index is 655. The summed E-state index contributed by atoms with van der Waals surface area (Å²) in [6, 6.07) is 0. The lowest BCUT2D eigenvalue weighted by Crippen LogP contribution is -2.62. The third-order valence-corrected chi connectivity index (χ3v) is 10.0. The Morgan fingerprint density at radius 1 is 1.07 bits per heavy atom. The second kappa shape index (κ2) is 7.30. The number of nitrogens with two attached hydrogens (primary N) is 1. The third kappa shape index (κ3) is 3.16. The van der Waals surface area contributed by atoms with E-state index in [1.54, 1.807) is 4.90 Å². The van der Waals surface area contributed by atoms with E-state index in [0.29, 0.717) is 35.0 Å². The molecule has 0 bridgehead atoms. The zero-order chi connectivity index (χ0) is 21.0. The van der Waals surface area contributed by atoms with Crippen LogP contribution < -0.4 is 11.2 Å². The average Bonchev–Trinajstić information content (AvgIpc) is 2.93. The van der Waals surface area contributed by atoms with Gasteiger partial charge in [-0.1, -0.05) is 13.8 Å². The van der Waals surface area contributed by atoms with Crippen LogP contribution in [0.4, 0.5) is 0 Å². The molecule has 0 aliphatic heterocycles. The molecule has 4 rings (SSSR count). The van der Waals surface area contributed by atoms with Gasteiger partial charge in [0.2, 0.25) is 5.96 Å². The first-order valence-electron chi connectivity index (χ1n) is 11.8. The van der Waals surface area contributed by atoms with E-state index in [2.05, 4.69) is 24.4 Å². The number of rotatable bonds is 3. The molecule has 6 nitrogen and oxygen atoms in total. The van der Waals surface area contributed by atoms with E-state index in [0.717, 1.165) is 51.5 Å². The molecule has 4 fully saturated rings. The van der Waals surface area contributed by atoms with E-state index in [1.807, 2.05) is 14.1 Å². The van der Waals surface area contributed by atoms with Crippen molar-refractivity contribution in [1.82, 2.24) is 10.3 Å². The van der Waals surface area contributed by atoms with Gasteiger partial charge < -0.3 is 26.3 Å². The SMILES string of the molecule is CN(C)C(N)=NNC[C@H]1CC[C@]2(O)[C@@H]3CC[C@@H]4C[C@@H](O)CC[C@]4(C)[C@H]3CC[C@]12C. The molecule has 29 heavy (non-hydrogen) atoms. The van der Waals surface area contributed by atoms with Gasteiger partial charge in [0, 0.05) is 26.1 Å². The highest BCUT2D eigenvalue weighted by molar-refractivity contribution is 5.77. The Labute approximate surface area is 176 Å². The van der Waals surface area contributed by atoms with Crippen LogP contribution in [0.15, 0.2) is 5.10 Å². The molecule has 0 saturated heterocycles. The van der Waals surface area contributed by atoms with Gasteiger partial charge in [-0.25, -0.2) is 0 Å². The number of fused-ring (bicyclic) bond motifs is 5. The highest BCUT2D eigenvalue weighted by Crippen LogP contribution is 2.68. The molecule has 4 aliphatic rings. The zero-order valence-corrected chi connectivity index (χ0v) is 18.8. The lowest BCUT2D eigenvalue weighted by Gasteiger charge is -2.63. The summed E-state index contributed by atoms with van der Waals surface area (Å²) in [5, 5.41) is 26.7. The molecule has 0 radical (unpaired) electrons. The summed E-state index contributed by atoms with van der Waals surface area (Å²) < 4.78 is 0. The van der Waals surface area contributed by atoms with E-state index < -0.39 is 5.60 Å². The Morgan fingerprint density at radius 2 is 1.83 bits per heavy atom. The minimum Gasteiger partial charge on any atom is -0.393 e. The molecular weight excluding hydrogens is 364 g/mol. The lowest BCUT2D eigenvalue weighted by atomic mass is 9.43. The maximum atomic E-state index is 12.1. The van der Waals surface area contributed by atoms with Crippen molar-refractivity contribution in [3.8, 4) is 0 Å². The fourth-order valence-corrected chi connectivity index (χ4v) is 7.98. The lowest BCUT2D eigenvalue weighted by molar-refractivity contribution is -0.209. The third-order valence-electron chi connectivity index (χ3n) is 10.0. The van der Waals surface area contributed by atoms with Gasteiger partial charge in [-0.3, -0.25) is 0 Å². The molecule has 0 aromatic heterocycles. The van der Waals surface area contributed by atoms with E-state index in [4.69, 9.17) is 5.73 Å². The van der Waals surface area contributed by atoms with Gasteiger partial charge in [0.1, 0.15) is 0 Å². The number of hydrogen-bond donors (Lipinski definition) is 4. The molecule has 4 saturated carbocycles. The molecule has 0 aromatic carbocycles. The van der Waals surface area contributed by atoms with Crippen LogP contribution in [-0.4, -0.2) is 53.4 Å². The Hall–Kier alpha value is -1.01. The van der Waals surface area contributed by atoms with Crippen molar-refractivity contribution in [2.75, 3.05) is 20.6 Å². The van der Waals surface area contributed by atoms with Crippen molar-refractivity contribution in [2.24, 2.45) is 45.3 Å². The Kier molecular flexibility index (Phi) is 5.34. The van der Waals surface area contributed by atoms with E-state index in [9.17, 15) is 10.2 Å². The number of guanidine groups is 1. The van der Waals surface area contributed by atoms with Gasteiger partial charge in [0.25, 0.3) is 0 Å². The second-order valence-corrected chi connectivity index (χ2v) is 11.3. The van der Waals surface area contributed by atoms with Crippen molar-refractivity contribution in [3.63, 3.8) is 0 Å². The molecule has 0 amide bonds. The van der Waals surface area contributed by atoms with Crippen LogP contribution in [0, 0.1) is 34.5 Å². The molecule has 0 aromatic rings. The maximum absolute atomic E-state index is 12.1. The van der Waals surface area contributed by atoms with Gasteiger partial charge in [-0.05, 0) is 86.9 Å². The Balaban J connectivity index is 1.51. The minimum atomic E-state index is -0.566. The normalized spacial score (nSPS) is 49.7. The maximum Gasteiger partial charge on any atom is 0.213 e. The molecule has 5 N–H and O–H groups in total. The summed E-state index contributed by atoms with van der Waals surface area (Å²) >= 11 is 0. The highest BCUT2D eigenvalue weighted by atomic mass is 16.3. The highest BCUT2D eigenvalue weighted by Gasteiger charge is 2.66. The smallest absolute Gasteiger partial charge is 0.213 e. The number of aliphatic hydroxyl groups is 2. The van der Waals surface area contributed by atoms with Gasteiger partial charge in [-0.2, -0.15) is 0 Å². The fourth-order valence-electron chi connectivity index (χ4n) is 7.98. The second-order valence-electron chi connectivity index (χ2n) is 11.3. The van der Waals surface area contributed by atoms with Crippen molar-refractivity contribution in [1.29, 1.82) is 0 Å². The van der Waals surface area contributed by atoms with Crippen LogP contribution in [0.3, 0.4) is 0 Å². The van der Waals surface area contributed by atoms with E-state index in [1.165, 1.54) is 12.8 Å². The fraction of sp³-hybridized carbons (Fsp3) is 0.957. The summed E-state index contributed by atoms with van der Waals surface area (Å²) in [4.78, 5) is 1.80. The summed E-state index contributed by atoms with van der Waals surface area (Å²) in [6.07, 6.45) is 9.47. The van der Waals surface area contributed by atoms with Crippen LogP contribution in [-0.2, 0) is 0 Å². The summed E-state index contributed by atoms with van der Waals surface area (Å²) in [5.41, 5.74) is 8.78. The predicted octanol–water partition coefficient (Wildman–Crippen LogP) is 2.50. The number of hydrazone groups is 1. The quantitative estimate of drug-likeness (QED) is 0.328. The number of hydrogen-bond acceptors (Lipinski definition) is 4. The number of nitrogens with one attached hydrogen (secondary N) is 1. The van der Waals surface area contributed by atoms with Crippen molar-refractivity contribution in [3.05, 3.63) is 0 Å². The largest absolute Gasteiger partial charge is 0.393 e. The van der Waals surface area contributed by atoms with Crippen LogP contribution in [0.5, 0.6) is 0 Å². The van der Waals surface area contributed by atoms with Crippen molar-refractivity contribution < 1.29 is 10.2 Å². The van der Waals surface area contributed by atoms with Gasteiger partial charge >= 0.3 is 0 Å². The van der Waals surface area contributed by atoms with E-state index in [-0.39, 0.29) is 11.5 Å². The van der Waals surface area contributed by atoms with Gasteiger partial charge in [0.05, 0.1) is 11.7 Å². The van der Waals surface area contributed by atoms with E-state index >= 15 is 0 Å². The molecule has 0 heterocycles. The Morgan fingerprint density at radius 3 is 2.55 bits per heavy atom.